The summed E-state index contributed by atoms with van der Waals surface area (Å²) in [6.07, 6.45) is 8.49. The molecule has 0 amide bonds. The number of benzene rings is 3. The minimum absolute atomic E-state index is 0.213. The third-order valence-electron chi connectivity index (χ3n) is 7.05. The smallest absolute Gasteiger partial charge is 0.291 e. The van der Waals surface area contributed by atoms with E-state index in [1.165, 1.54) is 35.1 Å². The van der Waals surface area contributed by atoms with Gasteiger partial charge in [-0.25, -0.2) is 4.68 Å². The van der Waals surface area contributed by atoms with Crippen LogP contribution in [0.25, 0.3) is 39.4 Å². The summed E-state index contributed by atoms with van der Waals surface area (Å²) in [5.74, 6) is 2.12. The van der Waals surface area contributed by atoms with Crippen LogP contribution in [0.3, 0.4) is 0 Å². The first-order chi connectivity index (χ1) is 21.1. The molecule has 0 saturated heterocycles. The van der Waals surface area contributed by atoms with Crippen LogP contribution in [0.5, 0.6) is 11.5 Å². The maximum absolute atomic E-state index is 13.4. The van der Waals surface area contributed by atoms with Crippen molar-refractivity contribution in [2.24, 2.45) is 0 Å². The van der Waals surface area contributed by atoms with Crippen LogP contribution in [-0.4, -0.2) is 37.6 Å². The number of rotatable bonds is 12. The van der Waals surface area contributed by atoms with E-state index in [9.17, 15) is 4.79 Å². The van der Waals surface area contributed by atoms with Gasteiger partial charge in [0.15, 0.2) is 5.82 Å². The zero-order chi connectivity index (χ0) is 29.6. The number of hydrogen-bond donors (Lipinski definition) is 0. The van der Waals surface area contributed by atoms with E-state index in [0.29, 0.717) is 28.5 Å². The number of ether oxygens (including phenoxy) is 2. The summed E-state index contributed by atoms with van der Waals surface area (Å²) in [7, 11) is 0. The lowest BCUT2D eigenvalue weighted by atomic mass is 10.1. The molecular weight excluding hydrogens is 558 g/mol. The number of hydrogen-bond acceptors (Lipinski definition) is 7. The minimum atomic E-state index is -0.213. The summed E-state index contributed by atoms with van der Waals surface area (Å²) in [4.78, 5) is 18.6. The van der Waals surface area contributed by atoms with E-state index in [-0.39, 0.29) is 5.56 Å². The van der Waals surface area contributed by atoms with Crippen LogP contribution in [0, 0.1) is 0 Å². The molecule has 3 aromatic heterocycles. The highest BCUT2D eigenvalue weighted by molar-refractivity contribution is 7.15. The van der Waals surface area contributed by atoms with Gasteiger partial charge in [-0.3, -0.25) is 4.79 Å². The number of aromatic nitrogens is 5. The van der Waals surface area contributed by atoms with E-state index >= 15 is 0 Å². The molecule has 0 aliphatic heterocycles. The Morgan fingerprint density at radius 3 is 2.23 bits per heavy atom. The average molecular weight is 592 g/mol. The fraction of sp³-hybridized carbons (Fsp3) is 0.235. The van der Waals surface area contributed by atoms with Crippen LogP contribution in [-0.2, 0) is 0 Å². The van der Waals surface area contributed by atoms with Crippen LogP contribution in [0.2, 0.25) is 0 Å². The van der Waals surface area contributed by atoms with Gasteiger partial charge in [0.25, 0.3) is 5.56 Å². The third-order valence-corrected chi connectivity index (χ3v) is 8.01. The number of fused-ring (bicyclic) bond motifs is 1. The molecule has 6 aromatic rings. The predicted octanol–water partition coefficient (Wildman–Crippen LogP) is 6.58. The SMILES string of the molecule is CCCCCCOc1ccc(-c2nn(-c3ccccc3)cc2/C=c2\sc3nc(-c4ccc(OCC)cc4)nn3c2=O)cc1. The largest absolute Gasteiger partial charge is 0.494 e. The van der Waals surface area contributed by atoms with Gasteiger partial charge in [-0.15, -0.1) is 5.10 Å². The molecule has 0 aliphatic rings. The zero-order valence-electron chi connectivity index (χ0n) is 24.3. The zero-order valence-corrected chi connectivity index (χ0v) is 25.1. The van der Waals surface area contributed by atoms with Gasteiger partial charge in [0, 0.05) is 22.9 Å². The Morgan fingerprint density at radius 2 is 1.53 bits per heavy atom. The summed E-state index contributed by atoms with van der Waals surface area (Å²) >= 11 is 1.31. The van der Waals surface area contributed by atoms with Crippen molar-refractivity contribution in [1.29, 1.82) is 0 Å². The molecule has 0 unspecified atom stereocenters. The van der Waals surface area contributed by atoms with Gasteiger partial charge in [0.1, 0.15) is 17.2 Å². The van der Waals surface area contributed by atoms with E-state index in [4.69, 9.17) is 14.6 Å². The average Bonchev–Trinajstić information content (AvgIpc) is 3.73. The van der Waals surface area contributed by atoms with Crippen molar-refractivity contribution in [2.45, 2.75) is 39.5 Å². The second-order valence-corrected chi connectivity index (χ2v) is 11.2. The molecule has 0 saturated carbocycles. The van der Waals surface area contributed by atoms with Gasteiger partial charge in [-0.05, 0) is 80.1 Å². The van der Waals surface area contributed by atoms with Gasteiger partial charge >= 0.3 is 0 Å². The Kier molecular flexibility index (Phi) is 8.60. The summed E-state index contributed by atoms with van der Waals surface area (Å²) in [6, 6.07) is 25.5. The van der Waals surface area contributed by atoms with Crippen molar-refractivity contribution in [3.8, 4) is 39.8 Å². The van der Waals surface area contributed by atoms with Gasteiger partial charge in [0.05, 0.1) is 23.4 Å². The monoisotopic (exact) mass is 591 g/mol. The molecule has 3 aromatic carbocycles. The van der Waals surface area contributed by atoms with E-state index in [1.807, 2.05) is 103 Å². The third kappa shape index (κ3) is 6.36. The molecule has 0 aliphatic carbocycles. The van der Waals surface area contributed by atoms with Gasteiger partial charge in [0.2, 0.25) is 4.96 Å². The highest BCUT2D eigenvalue weighted by Crippen LogP contribution is 2.27. The molecule has 218 valence electrons. The summed E-state index contributed by atoms with van der Waals surface area (Å²) in [6.45, 7) is 5.46. The summed E-state index contributed by atoms with van der Waals surface area (Å²) in [5, 5.41) is 9.43. The lowest BCUT2D eigenvalue weighted by Crippen LogP contribution is -2.23. The highest BCUT2D eigenvalue weighted by atomic mass is 32.1. The van der Waals surface area contributed by atoms with Crippen molar-refractivity contribution in [3.63, 3.8) is 0 Å². The molecule has 6 rings (SSSR count). The molecule has 0 bridgehead atoms. The molecule has 8 nitrogen and oxygen atoms in total. The molecule has 43 heavy (non-hydrogen) atoms. The second kappa shape index (κ2) is 13.0. The Bertz CT molecular complexity index is 1910. The van der Waals surface area contributed by atoms with E-state index in [1.54, 1.807) is 0 Å². The number of unbranched alkanes of at least 4 members (excludes halogenated alkanes) is 3. The quantitative estimate of drug-likeness (QED) is 0.150. The minimum Gasteiger partial charge on any atom is -0.494 e. The van der Waals surface area contributed by atoms with Crippen LogP contribution < -0.4 is 19.6 Å². The van der Waals surface area contributed by atoms with Gasteiger partial charge < -0.3 is 9.47 Å². The Hall–Kier alpha value is -4.76. The summed E-state index contributed by atoms with van der Waals surface area (Å²) < 4.78 is 15.2. The van der Waals surface area contributed by atoms with Crippen molar-refractivity contribution in [3.05, 3.63) is 106 Å². The normalized spacial score (nSPS) is 11.8. The fourth-order valence-corrected chi connectivity index (χ4v) is 5.72. The molecule has 3 heterocycles. The van der Waals surface area contributed by atoms with Crippen molar-refractivity contribution in [2.75, 3.05) is 13.2 Å². The van der Waals surface area contributed by atoms with E-state index in [0.717, 1.165) is 46.0 Å². The molecule has 0 fully saturated rings. The first-order valence-corrected chi connectivity index (χ1v) is 15.5. The predicted molar refractivity (Wildman–Crippen MR) is 171 cm³/mol. The van der Waals surface area contributed by atoms with Crippen LogP contribution in [0.4, 0.5) is 0 Å². The molecule has 0 spiro atoms. The first kappa shape index (κ1) is 28.4. The van der Waals surface area contributed by atoms with Crippen LogP contribution in [0.1, 0.15) is 45.1 Å². The highest BCUT2D eigenvalue weighted by Gasteiger charge is 2.15. The van der Waals surface area contributed by atoms with Crippen LogP contribution >= 0.6 is 11.3 Å². The maximum atomic E-state index is 13.4. The second-order valence-electron chi connectivity index (χ2n) is 10.1. The number of nitrogens with zero attached hydrogens (tertiary/aromatic N) is 5. The Labute approximate surface area is 253 Å². The fourth-order valence-electron chi connectivity index (χ4n) is 4.82. The van der Waals surface area contributed by atoms with Crippen molar-refractivity contribution >= 4 is 22.4 Å². The first-order valence-electron chi connectivity index (χ1n) is 14.7. The van der Waals surface area contributed by atoms with E-state index < -0.39 is 0 Å². The maximum Gasteiger partial charge on any atom is 0.291 e. The Morgan fingerprint density at radius 1 is 0.814 bits per heavy atom. The van der Waals surface area contributed by atoms with Gasteiger partial charge in [-0.1, -0.05) is 55.7 Å². The number of para-hydroxylation sites is 1. The molecule has 0 atom stereocenters. The standard InChI is InChI=1S/C34H33N5O3S/c1-3-5-6-10-21-42-29-17-13-24(14-18-29)31-26(23-38(36-31)27-11-8-7-9-12-27)22-30-33(40)39-34(43-30)35-32(37-39)25-15-19-28(20-16-25)41-4-2/h7-9,11-20,22-23H,3-6,10,21H2,1-2H3/b30-22-. The molecule has 0 N–H and O–H groups in total. The topological polar surface area (TPSA) is 83.5 Å². The molecule has 0 radical (unpaired) electrons. The lowest BCUT2D eigenvalue weighted by molar-refractivity contribution is 0.305. The number of thiazole rings is 1. The van der Waals surface area contributed by atoms with Gasteiger partial charge in [-0.2, -0.15) is 14.6 Å². The van der Waals surface area contributed by atoms with Crippen LogP contribution in [0.15, 0.2) is 89.9 Å². The Balaban J connectivity index is 1.32. The molecule has 9 heteroatoms. The summed E-state index contributed by atoms with van der Waals surface area (Å²) in [5.41, 5.74) is 4.07. The van der Waals surface area contributed by atoms with E-state index in [2.05, 4.69) is 17.0 Å². The molecular formula is C34H33N5O3S. The lowest BCUT2D eigenvalue weighted by Gasteiger charge is -2.07. The van der Waals surface area contributed by atoms with Crippen molar-refractivity contribution in [1.82, 2.24) is 24.4 Å². The van der Waals surface area contributed by atoms with Crippen molar-refractivity contribution < 1.29 is 9.47 Å².